The molecule has 2 aromatic rings. The lowest BCUT2D eigenvalue weighted by atomic mass is 10.2. The summed E-state index contributed by atoms with van der Waals surface area (Å²) in [7, 11) is 3.38. The number of aromatic nitrogens is 2. The second-order valence-electron chi connectivity index (χ2n) is 4.53. The summed E-state index contributed by atoms with van der Waals surface area (Å²) in [4.78, 5) is 4.37. The van der Waals surface area contributed by atoms with Crippen LogP contribution in [0.4, 0.5) is 5.95 Å². The lowest BCUT2D eigenvalue weighted by Gasteiger charge is -2.06. The second kappa shape index (κ2) is 6.43. The highest BCUT2D eigenvalue weighted by Gasteiger charge is 2.08. The van der Waals surface area contributed by atoms with Crippen molar-refractivity contribution < 1.29 is 9.47 Å². The van der Waals surface area contributed by atoms with Crippen molar-refractivity contribution in [3.63, 3.8) is 0 Å². The van der Waals surface area contributed by atoms with Crippen LogP contribution in [0.25, 0.3) is 11.0 Å². The highest BCUT2D eigenvalue weighted by Crippen LogP contribution is 2.23. The average molecular weight is 263 g/mol. The van der Waals surface area contributed by atoms with Crippen LogP contribution in [-0.4, -0.2) is 30.4 Å². The van der Waals surface area contributed by atoms with E-state index in [4.69, 9.17) is 15.2 Å². The average Bonchev–Trinajstić information content (AvgIpc) is 2.73. The predicted molar refractivity (Wildman–Crippen MR) is 76.4 cm³/mol. The Morgan fingerprint density at radius 3 is 2.79 bits per heavy atom. The van der Waals surface area contributed by atoms with Crippen LogP contribution in [0.15, 0.2) is 18.2 Å². The molecule has 0 aliphatic carbocycles. The SMILES string of the molecule is COCCCCCn1c(N)nc2cc(OC)ccc21. The lowest BCUT2D eigenvalue weighted by Crippen LogP contribution is -2.03. The molecule has 1 aromatic carbocycles. The molecule has 2 rings (SSSR count). The minimum atomic E-state index is 0.565. The molecular weight excluding hydrogens is 242 g/mol. The Labute approximate surface area is 113 Å². The van der Waals surface area contributed by atoms with Crippen molar-refractivity contribution in [2.45, 2.75) is 25.8 Å². The molecule has 0 aliphatic rings. The quantitative estimate of drug-likeness (QED) is 0.779. The summed E-state index contributed by atoms with van der Waals surface area (Å²) in [5.74, 6) is 1.37. The third-order valence-electron chi connectivity index (χ3n) is 3.22. The van der Waals surface area contributed by atoms with E-state index in [1.807, 2.05) is 18.2 Å². The van der Waals surface area contributed by atoms with Gasteiger partial charge in [-0.3, -0.25) is 0 Å². The molecule has 1 heterocycles. The Kier molecular flexibility index (Phi) is 4.63. The maximum atomic E-state index is 5.97. The predicted octanol–water partition coefficient (Wildman–Crippen LogP) is 2.44. The van der Waals surface area contributed by atoms with Crippen LogP contribution in [0.5, 0.6) is 5.75 Å². The lowest BCUT2D eigenvalue weighted by molar-refractivity contribution is 0.191. The molecule has 0 amide bonds. The Morgan fingerprint density at radius 2 is 2.05 bits per heavy atom. The monoisotopic (exact) mass is 263 g/mol. The first-order valence-electron chi connectivity index (χ1n) is 6.55. The van der Waals surface area contributed by atoms with Gasteiger partial charge in [0.25, 0.3) is 0 Å². The maximum absolute atomic E-state index is 5.97. The molecule has 19 heavy (non-hydrogen) atoms. The molecule has 0 radical (unpaired) electrons. The fraction of sp³-hybridized carbons (Fsp3) is 0.500. The van der Waals surface area contributed by atoms with E-state index in [-0.39, 0.29) is 0 Å². The molecule has 0 spiro atoms. The molecule has 0 fully saturated rings. The normalized spacial score (nSPS) is 11.1. The number of anilines is 1. The minimum Gasteiger partial charge on any atom is -0.497 e. The Bertz CT molecular complexity index is 537. The number of methoxy groups -OCH3 is 2. The summed E-state index contributed by atoms with van der Waals surface area (Å²) in [5, 5.41) is 0. The van der Waals surface area contributed by atoms with E-state index >= 15 is 0 Å². The van der Waals surface area contributed by atoms with E-state index in [9.17, 15) is 0 Å². The van der Waals surface area contributed by atoms with Gasteiger partial charge in [-0.1, -0.05) is 0 Å². The van der Waals surface area contributed by atoms with E-state index in [1.54, 1.807) is 14.2 Å². The van der Waals surface area contributed by atoms with Crippen LogP contribution in [0, 0.1) is 0 Å². The number of nitrogens with zero attached hydrogens (tertiary/aromatic N) is 2. The topological polar surface area (TPSA) is 62.3 Å². The standard InChI is InChI=1S/C14H21N3O2/c1-18-9-5-3-4-8-17-13-7-6-11(19-2)10-12(13)16-14(17)15/h6-7,10H,3-5,8-9H2,1-2H3,(H2,15,16). The number of fused-ring (bicyclic) bond motifs is 1. The van der Waals surface area contributed by atoms with Crippen LogP contribution >= 0.6 is 0 Å². The smallest absolute Gasteiger partial charge is 0.201 e. The zero-order chi connectivity index (χ0) is 13.7. The Hall–Kier alpha value is -1.75. The fourth-order valence-electron chi connectivity index (χ4n) is 2.18. The van der Waals surface area contributed by atoms with Gasteiger partial charge in [0.15, 0.2) is 0 Å². The molecule has 104 valence electrons. The van der Waals surface area contributed by atoms with Gasteiger partial charge < -0.3 is 19.8 Å². The molecule has 0 unspecified atom stereocenters. The maximum Gasteiger partial charge on any atom is 0.201 e. The number of unbranched alkanes of at least 4 members (excludes halogenated alkanes) is 2. The summed E-state index contributed by atoms with van der Waals surface area (Å²) in [6.45, 7) is 1.70. The van der Waals surface area contributed by atoms with E-state index in [1.165, 1.54) is 0 Å². The zero-order valence-corrected chi connectivity index (χ0v) is 11.6. The summed E-state index contributed by atoms with van der Waals surface area (Å²) in [5.41, 5.74) is 7.92. The third kappa shape index (κ3) is 3.17. The number of nitrogens with two attached hydrogens (primary N) is 1. The van der Waals surface area contributed by atoms with E-state index in [2.05, 4.69) is 9.55 Å². The van der Waals surface area contributed by atoms with Gasteiger partial charge in [0.05, 0.1) is 18.1 Å². The van der Waals surface area contributed by atoms with Crippen molar-refractivity contribution in [1.29, 1.82) is 0 Å². The zero-order valence-electron chi connectivity index (χ0n) is 11.6. The number of nitrogen functional groups attached to an aromatic ring is 1. The van der Waals surface area contributed by atoms with Gasteiger partial charge >= 0.3 is 0 Å². The first-order valence-corrected chi connectivity index (χ1v) is 6.55. The van der Waals surface area contributed by atoms with Crippen molar-refractivity contribution in [3.05, 3.63) is 18.2 Å². The van der Waals surface area contributed by atoms with Crippen LogP contribution in [0.1, 0.15) is 19.3 Å². The van der Waals surface area contributed by atoms with Crippen LogP contribution in [-0.2, 0) is 11.3 Å². The van der Waals surface area contributed by atoms with Gasteiger partial charge in [0, 0.05) is 26.3 Å². The second-order valence-corrected chi connectivity index (χ2v) is 4.53. The van der Waals surface area contributed by atoms with E-state index < -0.39 is 0 Å². The number of benzene rings is 1. The van der Waals surface area contributed by atoms with Gasteiger partial charge in [-0.15, -0.1) is 0 Å². The van der Waals surface area contributed by atoms with Crippen molar-refractivity contribution in [2.75, 3.05) is 26.6 Å². The number of aryl methyl sites for hydroxylation is 1. The highest BCUT2D eigenvalue weighted by atomic mass is 16.5. The van der Waals surface area contributed by atoms with E-state index in [0.717, 1.165) is 49.2 Å². The Balaban J connectivity index is 2.07. The third-order valence-corrected chi connectivity index (χ3v) is 3.22. The van der Waals surface area contributed by atoms with Crippen LogP contribution in [0.2, 0.25) is 0 Å². The molecule has 0 saturated carbocycles. The first-order chi connectivity index (χ1) is 9.26. The fourth-order valence-corrected chi connectivity index (χ4v) is 2.18. The molecule has 5 heteroatoms. The summed E-state index contributed by atoms with van der Waals surface area (Å²) in [6.07, 6.45) is 3.28. The van der Waals surface area contributed by atoms with Crippen molar-refractivity contribution in [3.8, 4) is 5.75 Å². The molecule has 1 aromatic heterocycles. The molecule has 0 aliphatic heterocycles. The largest absolute Gasteiger partial charge is 0.497 e. The first kappa shape index (κ1) is 13.7. The molecule has 2 N–H and O–H groups in total. The number of imidazole rings is 1. The highest BCUT2D eigenvalue weighted by molar-refractivity contribution is 5.79. The van der Waals surface area contributed by atoms with Gasteiger partial charge in [-0.05, 0) is 31.4 Å². The van der Waals surface area contributed by atoms with Gasteiger partial charge in [0.2, 0.25) is 5.95 Å². The summed E-state index contributed by atoms with van der Waals surface area (Å²) >= 11 is 0. The van der Waals surface area contributed by atoms with Crippen LogP contribution in [0.3, 0.4) is 0 Å². The Morgan fingerprint density at radius 1 is 1.21 bits per heavy atom. The van der Waals surface area contributed by atoms with Gasteiger partial charge in [0.1, 0.15) is 5.75 Å². The number of rotatable bonds is 7. The minimum absolute atomic E-state index is 0.565. The number of hydrogen-bond donors (Lipinski definition) is 1. The van der Waals surface area contributed by atoms with Gasteiger partial charge in [-0.25, -0.2) is 4.98 Å². The summed E-state index contributed by atoms with van der Waals surface area (Å²) < 4.78 is 12.3. The van der Waals surface area contributed by atoms with Crippen molar-refractivity contribution in [1.82, 2.24) is 9.55 Å². The number of hydrogen-bond acceptors (Lipinski definition) is 4. The van der Waals surface area contributed by atoms with Gasteiger partial charge in [-0.2, -0.15) is 0 Å². The molecule has 5 nitrogen and oxygen atoms in total. The number of ether oxygens (including phenoxy) is 2. The van der Waals surface area contributed by atoms with E-state index in [0.29, 0.717) is 5.95 Å². The van der Waals surface area contributed by atoms with Crippen molar-refractivity contribution in [2.24, 2.45) is 0 Å². The molecule has 0 saturated heterocycles. The van der Waals surface area contributed by atoms with Crippen molar-refractivity contribution >= 4 is 17.0 Å². The molecule has 0 bridgehead atoms. The molecule has 0 atom stereocenters. The molecular formula is C14H21N3O2. The van der Waals surface area contributed by atoms with Crippen LogP contribution < -0.4 is 10.5 Å². The summed E-state index contributed by atoms with van der Waals surface area (Å²) in [6, 6.07) is 5.85.